The number of hydrogen-bond donors (Lipinski definition) is 1. The van der Waals surface area contributed by atoms with Gasteiger partial charge in [-0.15, -0.1) is 0 Å². The van der Waals surface area contributed by atoms with Gasteiger partial charge < -0.3 is 5.11 Å². The second-order valence-corrected chi connectivity index (χ2v) is 5.36. The van der Waals surface area contributed by atoms with Gasteiger partial charge in [-0.2, -0.15) is 0 Å². The van der Waals surface area contributed by atoms with E-state index in [9.17, 15) is 9.59 Å². The van der Waals surface area contributed by atoms with Crippen molar-refractivity contribution >= 4 is 11.8 Å². The fraction of sp³-hybridized carbons (Fsp3) is 0.222. The van der Waals surface area contributed by atoms with E-state index in [-0.39, 0.29) is 12.2 Å². The second kappa shape index (κ2) is 5.52. The van der Waals surface area contributed by atoms with Crippen LogP contribution in [-0.4, -0.2) is 16.9 Å². The molecule has 3 nitrogen and oxygen atoms in total. The molecule has 2 aromatic rings. The maximum atomic E-state index is 12.1. The highest BCUT2D eigenvalue weighted by Gasteiger charge is 2.23. The Balaban J connectivity index is 1.98. The minimum absolute atomic E-state index is 0.120. The number of rotatable bonds is 4. The number of carbonyl (C=O) groups excluding carboxylic acids is 1. The predicted molar refractivity (Wildman–Crippen MR) is 80.5 cm³/mol. The molecule has 0 saturated carbocycles. The summed E-state index contributed by atoms with van der Waals surface area (Å²) in [4.78, 5) is 22.8. The Hall–Kier alpha value is -2.42. The van der Waals surface area contributed by atoms with Crippen LogP contribution in [-0.2, 0) is 17.6 Å². The maximum Gasteiger partial charge on any atom is 0.303 e. The van der Waals surface area contributed by atoms with Gasteiger partial charge in [-0.25, -0.2) is 0 Å². The average Bonchev–Trinajstić information content (AvgIpc) is 2.87. The largest absolute Gasteiger partial charge is 0.481 e. The zero-order valence-electron chi connectivity index (χ0n) is 11.6. The Morgan fingerprint density at radius 1 is 1.10 bits per heavy atom. The van der Waals surface area contributed by atoms with Crippen molar-refractivity contribution in [2.45, 2.75) is 25.7 Å². The summed E-state index contributed by atoms with van der Waals surface area (Å²) in [7, 11) is 0. The lowest BCUT2D eigenvalue weighted by molar-refractivity contribution is -0.136. The van der Waals surface area contributed by atoms with E-state index in [0.29, 0.717) is 12.8 Å². The zero-order chi connectivity index (χ0) is 14.8. The number of Topliss-reactive ketones (excluding diaryl/α,β-unsaturated/α-hetero) is 1. The normalized spacial score (nSPS) is 13.2. The molecule has 0 aromatic heterocycles. The minimum atomic E-state index is -0.795. The lowest BCUT2D eigenvalue weighted by Gasteiger charge is -2.09. The van der Waals surface area contributed by atoms with Crippen LogP contribution >= 0.6 is 0 Å². The molecule has 0 saturated heterocycles. The molecule has 1 aliphatic carbocycles. The number of carboxylic acid groups (broad SMARTS) is 1. The van der Waals surface area contributed by atoms with Crippen LogP contribution in [0.4, 0.5) is 0 Å². The van der Waals surface area contributed by atoms with Gasteiger partial charge in [0, 0.05) is 18.4 Å². The first-order valence-electron chi connectivity index (χ1n) is 7.11. The number of carboxylic acids is 1. The first-order valence-corrected chi connectivity index (χ1v) is 7.11. The van der Waals surface area contributed by atoms with E-state index in [4.69, 9.17) is 5.11 Å². The molecule has 3 heteroatoms. The van der Waals surface area contributed by atoms with Crippen molar-refractivity contribution in [3.05, 3.63) is 59.2 Å². The molecule has 1 aliphatic rings. The molecule has 0 aliphatic heterocycles. The first kappa shape index (κ1) is 13.6. The lowest BCUT2D eigenvalue weighted by atomic mass is 9.94. The summed E-state index contributed by atoms with van der Waals surface area (Å²) >= 11 is 0. The van der Waals surface area contributed by atoms with E-state index in [1.54, 1.807) is 0 Å². The molecular weight excluding hydrogens is 264 g/mol. The molecule has 0 atom stereocenters. The highest BCUT2D eigenvalue weighted by atomic mass is 16.4. The Morgan fingerprint density at radius 3 is 2.71 bits per heavy atom. The molecule has 0 bridgehead atoms. The number of fused-ring (bicyclic) bond motifs is 1. The van der Waals surface area contributed by atoms with Crippen LogP contribution in [0, 0.1) is 0 Å². The van der Waals surface area contributed by atoms with Crippen molar-refractivity contribution in [2.75, 3.05) is 0 Å². The van der Waals surface area contributed by atoms with E-state index in [1.165, 1.54) is 0 Å². The van der Waals surface area contributed by atoms with Crippen LogP contribution < -0.4 is 0 Å². The van der Waals surface area contributed by atoms with E-state index in [2.05, 4.69) is 0 Å². The van der Waals surface area contributed by atoms with Crippen LogP contribution in [0.2, 0.25) is 0 Å². The maximum absolute atomic E-state index is 12.1. The number of hydrogen-bond acceptors (Lipinski definition) is 2. The van der Waals surface area contributed by atoms with Gasteiger partial charge in [0.25, 0.3) is 0 Å². The van der Waals surface area contributed by atoms with E-state index in [0.717, 1.165) is 34.2 Å². The highest BCUT2D eigenvalue weighted by Crippen LogP contribution is 2.32. The summed E-state index contributed by atoms with van der Waals surface area (Å²) < 4.78 is 0. The molecular formula is C18H16O3. The number of aliphatic carboxylic acids is 1. The summed E-state index contributed by atoms with van der Waals surface area (Å²) in [6, 6.07) is 13.8. The minimum Gasteiger partial charge on any atom is -0.481 e. The van der Waals surface area contributed by atoms with Gasteiger partial charge >= 0.3 is 5.97 Å². The number of benzene rings is 2. The van der Waals surface area contributed by atoms with Crippen molar-refractivity contribution in [3.63, 3.8) is 0 Å². The summed E-state index contributed by atoms with van der Waals surface area (Å²) in [5, 5.41) is 8.78. The number of carbonyl (C=O) groups is 2. The third kappa shape index (κ3) is 2.72. The van der Waals surface area contributed by atoms with E-state index >= 15 is 0 Å². The fourth-order valence-electron chi connectivity index (χ4n) is 2.90. The molecule has 0 spiro atoms. The van der Waals surface area contributed by atoms with Crippen molar-refractivity contribution in [2.24, 2.45) is 0 Å². The number of aryl methyl sites for hydroxylation is 2. The summed E-state index contributed by atoms with van der Waals surface area (Å²) in [5.41, 5.74) is 4.90. The van der Waals surface area contributed by atoms with E-state index in [1.807, 2.05) is 42.5 Å². The Morgan fingerprint density at radius 2 is 1.90 bits per heavy atom. The van der Waals surface area contributed by atoms with Crippen molar-refractivity contribution in [1.82, 2.24) is 0 Å². The lowest BCUT2D eigenvalue weighted by Crippen LogP contribution is -1.98. The van der Waals surface area contributed by atoms with Gasteiger partial charge in [0.2, 0.25) is 0 Å². The molecule has 1 N–H and O–H groups in total. The SMILES string of the molecule is O=C(O)CCc1cccc(-c2cccc3c2C(=O)CC3)c1. The topological polar surface area (TPSA) is 54.4 Å². The zero-order valence-corrected chi connectivity index (χ0v) is 11.6. The van der Waals surface area contributed by atoms with Crippen molar-refractivity contribution in [3.8, 4) is 11.1 Å². The van der Waals surface area contributed by atoms with Crippen LogP contribution in [0.15, 0.2) is 42.5 Å². The molecule has 0 amide bonds. The standard InChI is InChI=1S/C18H16O3/c19-16-9-8-13-4-2-6-15(18(13)16)14-5-1-3-12(11-14)7-10-17(20)21/h1-6,11H,7-10H2,(H,20,21). The van der Waals surface area contributed by atoms with Crippen LogP contribution in [0.1, 0.15) is 34.3 Å². The summed E-state index contributed by atoms with van der Waals surface area (Å²) in [6.45, 7) is 0. The quantitative estimate of drug-likeness (QED) is 0.932. The van der Waals surface area contributed by atoms with Crippen LogP contribution in [0.25, 0.3) is 11.1 Å². The van der Waals surface area contributed by atoms with Gasteiger partial charge in [-0.3, -0.25) is 9.59 Å². The van der Waals surface area contributed by atoms with Crippen LogP contribution in [0.3, 0.4) is 0 Å². The molecule has 2 aromatic carbocycles. The average molecular weight is 280 g/mol. The van der Waals surface area contributed by atoms with Gasteiger partial charge in [-0.05, 0) is 35.1 Å². The molecule has 0 radical (unpaired) electrons. The molecule has 0 fully saturated rings. The predicted octanol–water partition coefficient (Wildman–Crippen LogP) is 3.50. The highest BCUT2D eigenvalue weighted by molar-refractivity contribution is 6.06. The third-order valence-corrected chi connectivity index (χ3v) is 3.92. The summed E-state index contributed by atoms with van der Waals surface area (Å²) in [6.07, 6.45) is 2.03. The van der Waals surface area contributed by atoms with Gasteiger partial charge in [0.05, 0.1) is 0 Å². The molecule has 106 valence electrons. The fourth-order valence-corrected chi connectivity index (χ4v) is 2.90. The Labute approximate surface area is 123 Å². The molecule has 3 rings (SSSR count). The monoisotopic (exact) mass is 280 g/mol. The Bertz CT molecular complexity index is 716. The summed E-state index contributed by atoms with van der Waals surface area (Å²) in [5.74, 6) is -0.590. The smallest absolute Gasteiger partial charge is 0.303 e. The molecule has 21 heavy (non-hydrogen) atoms. The van der Waals surface area contributed by atoms with Crippen molar-refractivity contribution < 1.29 is 14.7 Å². The van der Waals surface area contributed by atoms with Crippen LogP contribution in [0.5, 0.6) is 0 Å². The first-order chi connectivity index (χ1) is 10.1. The second-order valence-electron chi connectivity index (χ2n) is 5.36. The third-order valence-electron chi connectivity index (χ3n) is 3.92. The van der Waals surface area contributed by atoms with Gasteiger partial charge in [0.15, 0.2) is 5.78 Å². The number of ketones is 1. The molecule has 0 unspecified atom stereocenters. The molecule has 0 heterocycles. The van der Waals surface area contributed by atoms with Gasteiger partial charge in [-0.1, -0.05) is 42.5 Å². The van der Waals surface area contributed by atoms with Gasteiger partial charge in [0.1, 0.15) is 0 Å². The van der Waals surface area contributed by atoms with Crippen molar-refractivity contribution in [1.29, 1.82) is 0 Å². The van der Waals surface area contributed by atoms with E-state index < -0.39 is 5.97 Å². The Kier molecular flexibility index (Phi) is 3.57.